The highest BCUT2D eigenvalue weighted by Gasteiger charge is 2.25. The van der Waals surface area contributed by atoms with Crippen LogP contribution in [0.3, 0.4) is 0 Å². The van der Waals surface area contributed by atoms with Crippen LogP contribution < -0.4 is 5.32 Å². The Morgan fingerprint density at radius 2 is 2.21 bits per heavy atom. The van der Waals surface area contributed by atoms with E-state index in [4.69, 9.17) is 0 Å². The lowest BCUT2D eigenvalue weighted by Gasteiger charge is -2.20. The Balaban J connectivity index is 2.20. The zero-order chi connectivity index (χ0) is 10.4. The quantitative estimate of drug-likeness (QED) is 0.413. The van der Waals surface area contributed by atoms with Crippen LogP contribution in [0.2, 0.25) is 0 Å². The van der Waals surface area contributed by atoms with Gasteiger partial charge in [0.1, 0.15) is 0 Å². The van der Waals surface area contributed by atoms with Gasteiger partial charge in [0.15, 0.2) is 0 Å². The second-order valence-corrected chi connectivity index (χ2v) is 3.72. The van der Waals surface area contributed by atoms with Gasteiger partial charge in [0.05, 0.1) is 0 Å². The number of hydrogen-bond donors (Lipinski definition) is 1. The molecule has 0 aliphatic carbocycles. The zero-order valence-corrected chi connectivity index (χ0v) is 8.42. The number of piperidine rings is 1. The van der Waals surface area contributed by atoms with Crippen LogP contribution in [0.5, 0.6) is 0 Å². The number of amides is 2. The molecule has 1 saturated heterocycles. The molecule has 0 saturated carbocycles. The number of unbranched alkanes of at least 4 members (excludes halogenated alkanes) is 2. The molecule has 0 aromatic heterocycles. The Kier molecular flexibility index (Phi) is 4.36. The Hall–Kier alpha value is -1.12. The molecule has 14 heavy (non-hydrogen) atoms. The molecule has 0 aromatic rings. The number of carbonyl (C=O) groups is 2. The SMILES string of the molecule is C=CCCCCC1CCC(=O)NC1=O. The summed E-state index contributed by atoms with van der Waals surface area (Å²) in [5.41, 5.74) is 0. The fourth-order valence-electron chi connectivity index (χ4n) is 1.69. The topological polar surface area (TPSA) is 46.2 Å². The van der Waals surface area contributed by atoms with E-state index < -0.39 is 0 Å². The maximum atomic E-state index is 11.3. The number of rotatable bonds is 5. The average molecular weight is 195 g/mol. The maximum Gasteiger partial charge on any atom is 0.229 e. The standard InChI is InChI=1S/C11H17NO2/c1-2-3-4-5-6-9-7-8-10(13)12-11(9)14/h2,9H,1,3-8H2,(H,12,13,14). The molecule has 1 unspecified atom stereocenters. The van der Waals surface area contributed by atoms with Crippen molar-refractivity contribution in [2.75, 3.05) is 0 Å². The second kappa shape index (κ2) is 5.58. The highest BCUT2D eigenvalue weighted by Crippen LogP contribution is 2.19. The van der Waals surface area contributed by atoms with E-state index in [1.54, 1.807) is 0 Å². The summed E-state index contributed by atoms with van der Waals surface area (Å²) in [5.74, 6) is -0.158. The first-order chi connectivity index (χ1) is 6.74. The van der Waals surface area contributed by atoms with E-state index in [0.29, 0.717) is 6.42 Å². The van der Waals surface area contributed by atoms with Gasteiger partial charge < -0.3 is 0 Å². The number of hydrogen-bond acceptors (Lipinski definition) is 2. The lowest BCUT2D eigenvalue weighted by molar-refractivity contribution is -0.136. The van der Waals surface area contributed by atoms with E-state index in [1.165, 1.54) is 0 Å². The molecule has 1 rings (SSSR count). The van der Waals surface area contributed by atoms with Crippen molar-refractivity contribution >= 4 is 11.8 Å². The summed E-state index contributed by atoms with van der Waals surface area (Å²) in [6.07, 6.45) is 7.14. The van der Waals surface area contributed by atoms with Crippen molar-refractivity contribution in [3.8, 4) is 0 Å². The van der Waals surface area contributed by atoms with E-state index in [2.05, 4.69) is 11.9 Å². The minimum atomic E-state index is -0.127. The predicted molar refractivity (Wildman–Crippen MR) is 54.5 cm³/mol. The van der Waals surface area contributed by atoms with Crippen molar-refractivity contribution in [1.82, 2.24) is 5.32 Å². The Bertz CT molecular complexity index is 235. The van der Waals surface area contributed by atoms with Crippen LogP contribution in [-0.2, 0) is 9.59 Å². The van der Waals surface area contributed by atoms with Crippen molar-refractivity contribution < 1.29 is 9.59 Å². The minimum Gasteiger partial charge on any atom is -0.296 e. The van der Waals surface area contributed by atoms with Crippen LogP contribution in [0.4, 0.5) is 0 Å². The van der Waals surface area contributed by atoms with Crippen LogP contribution in [0.15, 0.2) is 12.7 Å². The molecule has 3 heteroatoms. The van der Waals surface area contributed by atoms with Crippen molar-refractivity contribution in [2.24, 2.45) is 5.92 Å². The van der Waals surface area contributed by atoms with Gasteiger partial charge in [0.25, 0.3) is 0 Å². The first kappa shape index (κ1) is 11.0. The third-order valence-electron chi connectivity index (χ3n) is 2.56. The van der Waals surface area contributed by atoms with Crippen LogP contribution >= 0.6 is 0 Å². The molecule has 1 aliphatic rings. The third-order valence-corrected chi connectivity index (χ3v) is 2.56. The molecular formula is C11H17NO2. The van der Waals surface area contributed by atoms with E-state index in [-0.39, 0.29) is 17.7 Å². The van der Waals surface area contributed by atoms with Crippen LogP contribution in [0, 0.1) is 5.92 Å². The van der Waals surface area contributed by atoms with Gasteiger partial charge in [-0.15, -0.1) is 6.58 Å². The van der Waals surface area contributed by atoms with Crippen LogP contribution in [0.1, 0.15) is 38.5 Å². The lowest BCUT2D eigenvalue weighted by atomic mass is 9.92. The summed E-state index contributed by atoms with van der Waals surface area (Å²) in [6.45, 7) is 3.65. The third kappa shape index (κ3) is 3.32. The number of nitrogens with one attached hydrogen (secondary N) is 1. The Morgan fingerprint density at radius 3 is 2.86 bits per heavy atom. The smallest absolute Gasteiger partial charge is 0.229 e. The van der Waals surface area contributed by atoms with Gasteiger partial charge >= 0.3 is 0 Å². The Labute approximate surface area is 84.6 Å². The highest BCUT2D eigenvalue weighted by atomic mass is 16.2. The fraction of sp³-hybridized carbons (Fsp3) is 0.636. The first-order valence-corrected chi connectivity index (χ1v) is 5.18. The highest BCUT2D eigenvalue weighted by molar-refractivity contribution is 5.98. The van der Waals surface area contributed by atoms with E-state index in [1.807, 2.05) is 6.08 Å². The van der Waals surface area contributed by atoms with E-state index >= 15 is 0 Å². The molecule has 0 radical (unpaired) electrons. The molecule has 1 N–H and O–H groups in total. The summed E-state index contributed by atoms with van der Waals surface area (Å²) < 4.78 is 0. The largest absolute Gasteiger partial charge is 0.296 e. The number of carbonyl (C=O) groups excluding carboxylic acids is 2. The van der Waals surface area contributed by atoms with Gasteiger partial charge in [-0.1, -0.05) is 12.5 Å². The summed E-state index contributed by atoms with van der Waals surface area (Å²) in [5, 5.41) is 2.37. The molecule has 1 fully saturated rings. The van der Waals surface area contributed by atoms with Gasteiger partial charge in [-0.2, -0.15) is 0 Å². The first-order valence-electron chi connectivity index (χ1n) is 5.18. The minimum absolute atomic E-state index is 0.0533. The molecule has 1 atom stereocenters. The van der Waals surface area contributed by atoms with Crippen molar-refractivity contribution in [2.45, 2.75) is 38.5 Å². The summed E-state index contributed by atoms with van der Waals surface area (Å²) in [6, 6.07) is 0. The van der Waals surface area contributed by atoms with Gasteiger partial charge in [-0.05, 0) is 25.7 Å². The number of imide groups is 1. The predicted octanol–water partition coefficient (Wildman–Crippen LogP) is 1.79. The van der Waals surface area contributed by atoms with Crippen LogP contribution in [0.25, 0.3) is 0 Å². The molecule has 0 aromatic carbocycles. The van der Waals surface area contributed by atoms with Gasteiger partial charge in [-0.3, -0.25) is 14.9 Å². The van der Waals surface area contributed by atoms with E-state index in [9.17, 15) is 9.59 Å². The molecule has 0 bridgehead atoms. The zero-order valence-electron chi connectivity index (χ0n) is 8.42. The maximum absolute atomic E-state index is 11.3. The van der Waals surface area contributed by atoms with Crippen molar-refractivity contribution in [1.29, 1.82) is 0 Å². The summed E-state index contributed by atoms with van der Waals surface area (Å²) in [7, 11) is 0. The molecule has 1 heterocycles. The van der Waals surface area contributed by atoms with Gasteiger partial charge in [0.2, 0.25) is 11.8 Å². The molecule has 0 spiro atoms. The van der Waals surface area contributed by atoms with Crippen molar-refractivity contribution in [3.63, 3.8) is 0 Å². The van der Waals surface area contributed by atoms with E-state index in [0.717, 1.165) is 32.1 Å². The van der Waals surface area contributed by atoms with Gasteiger partial charge in [-0.25, -0.2) is 0 Å². The second-order valence-electron chi connectivity index (χ2n) is 3.72. The molecule has 1 aliphatic heterocycles. The van der Waals surface area contributed by atoms with Crippen LogP contribution in [-0.4, -0.2) is 11.8 Å². The summed E-state index contributed by atoms with van der Waals surface area (Å²) in [4.78, 5) is 22.2. The molecular weight excluding hydrogens is 178 g/mol. The molecule has 2 amide bonds. The van der Waals surface area contributed by atoms with Crippen molar-refractivity contribution in [3.05, 3.63) is 12.7 Å². The number of allylic oxidation sites excluding steroid dienone is 1. The lowest BCUT2D eigenvalue weighted by Crippen LogP contribution is -2.40. The average Bonchev–Trinajstić information content (AvgIpc) is 2.15. The Morgan fingerprint density at radius 1 is 1.43 bits per heavy atom. The van der Waals surface area contributed by atoms with Gasteiger partial charge in [0, 0.05) is 12.3 Å². The summed E-state index contributed by atoms with van der Waals surface area (Å²) >= 11 is 0. The molecule has 78 valence electrons. The normalized spacial score (nSPS) is 21.9. The fourth-order valence-corrected chi connectivity index (χ4v) is 1.69. The monoisotopic (exact) mass is 195 g/mol. The molecule has 3 nitrogen and oxygen atoms in total.